The van der Waals surface area contributed by atoms with E-state index in [1.165, 1.54) is 6.42 Å². The Morgan fingerprint density at radius 2 is 1.72 bits per heavy atom. The van der Waals surface area contributed by atoms with Crippen LogP contribution >= 0.6 is 0 Å². The van der Waals surface area contributed by atoms with Crippen LogP contribution in [-0.2, 0) is 9.47 Å². The molecule has 1 unspecified atom stereocenters. The van der Waals surface area contributed by atoms with Gasteiger partial charge in [0, 0.05) is 18.7 Å². The van der Waals surface area contributed by atoms with Gasteiger partial charge in [-0.05, 0) is 33.6 Å². The fourth-order valence-electron chi connectivity index (χ4n) is 1.61. The average molecular weight is 259 g/mol. The Hall–Kier alpha value is -0.120. The van der Waals surface area contributed by atoms with E-state index >= 15 is 0 Å². The van der Waals surface area contributed by atoms with E-state index in [0.717, 1.165) is 39.0 Å². The van der Waals surface area contributed by atoms with Gasteiger partial charge in [-0.15, -0.1) is 0 Å². The number of nitrogens with one attached hydrogen (secondary N) is 1. The summed E-state index contributed by atoms with van der Waals surface area (Å²) in [5.74, 6) is 0. The first-order valence-corrected chi connectivity index (χ1v) is 7.44. The monoisotopic (exact) mass is 259 g/mol. The molecule has 0 saturated heterocycles. The summed E-state index contributed by atoms with van der Waals surface area (Å²) in [6.07, 6.45) is 4.91. The molecule has 3 heteroatoms. The smallest absolute Gasteiger partial charge is 0.0704 e. The molecule has 0 bridgehead atoms. The van der Waals surface area contributed by atoms with Crippen molar-refractivity contribution < 1.29 is 9.47 Å². The Labute approximate surface area is 114 Å². The highest BCUT2D eigenvalue weighted by Gasteiger charge is 2.13. The second-order valence-corrected chi connectivity index (χ2v) is 5.88. The predicted molar refractivity (Wildman–Crippen MR) is 78.1 cm³/mol. The largest absolute Gasteiger partial charge is 0.379 e. The minimum absolute atomic E-state index is 0.160. The van der Waals surface area contributed by atoms with E-state index in [2.05, 4.69) is 39.9 Å². The number of hydrogen-bond acceptors (Lipinski definition) is 3. The highest BCUT2D eigenvalue weighted by molar-refractivity contribution is 4.73. The molecule has 0 heterocycles. The van der Waals surface area contributed by atoms with Crippen LogP contribution in [0.3, 0.4) is 0 Å². The molecular weight excluding hydrogens is 226 g/mol. The van der Waals surface area contributed by atoms with Crippen LogP contribution in [0.5, 0.6) is 0 Å². The Morgan fingerprint density at radius 3 is 2.28 bits per heavy atom. The molecule has 1 atom stereocenters. The fraction of sp³-hybridized carbons (Fsp3) is 1.00. The molecular formula is C15H33NO2. The summed E-state index contributed by atoms with van der Waals surface area (Å²) in [7, 11) is 0. The van der Waals surface area contributed by atoms with E-state index in [4.69, 9.17) is 9.47 Å². The summed E-state index contributed by atoms with van der Waals surface area (Å²) < 4.78 is 11.4. The van der Waals surface area contributed by atoms with Gasteiger partial charge in [-0.25, -0.2) is 0 Å². The van der Waals surface area contributed by atoms with Crippen molar-refractivity contribution in [2.75, 3.05) is 26.4 Å². The molecule has 18 heavy (non-hydrogen) atoms. The fourth-order valence-corrected chi connectivity index (χ4v) is 1.61. The second kappa shape index (κ2) is 10.8. The lowest BCUT2D eigenvalue weighted by Crippen LogP contribution is -2.41. The van der Waals surface area contributed by atoms with Crippen molar-refractivity contribution in [1.29, 1.82) is 0 Å². The first kappa shape index (κ1) is 17.9. The van der Waals surface area contributed by atoms with Gasteiger partial charge in [0.25, 0.3) is 0 Å². The first-order chi connectivity index (χ1) is 8.49. The molecule has 0 aliphatic rings. The van der Waals surface area contributed by atoms with Gasteiger partial charge < -0.3 is 14.8 Å². The van der Waals surface area contributed by atoms with Crippen molar-refractivity contribution in [2.45, 2.75) is 71.9 Å². The Morgan fingerprint density at radius 1 is 1.00 bits per heavy atom. The Balaban J connectivity index is 3.63. The van der Waals surface area contributed by atoms with Gasteiger partial charge >= 0.3 is 0 Å². The van der Waals surface area contributed by atoms with Gasteiger partial charge in [-0.1, -0.05) is 26.7 Å². The molecule has 3 nitrogen and oxygen atoms in total. The van der Waals surface area contributed by atoms with Crippen LogP contribution < -0.4 is 5.32 Å². The maximum Gasteiger partial charge on any atom is 0.0704 e. The normalized spacial score (nSPS) is 13.8. The van der Waals surface area contributed by atoms with Crippen molar-refractivity contribution >= 4 is 0 Å². The van der Waals surface area contributed by atoms with Crippen molar-refractivity contribution in [2.24, 2.45) is 0 Å². The molecule has 0 aliphatic heterocycles. The van der Waals surface area contributed by atoms with Gasteiger partial charge in [-0.2, -0.15) is 0 Å². The maximum atomic E-state index is 5.87. The van der Waals surface area contributed by atoms with Crippen LogP contribution in [0.1, 0.15) is 60.3 Å². The van der Waals surface area contributed by atoms with E-state index in [1.54, 1.807) is 0 Å². The van der Waals surface area contributed by atoms with Crippen molar-refractivity contribution in [3.05, 3.63) is 0 Å². The van der Waals surface area contributed by atoms with E-state index in [9.17, 15) is 0 Å². The lowest BCUT2D eigenvalue weighted by molar-refractivity contribution is -0.000983. The highest BCUT2D eigenvalue weighted by Crippen LogP contribution is 2.05. The van der Waals surface area contributed by atoms with Crippen molar-refractivity contribution in [3.8, 4) is 0 Å². The van der Waals surface area contributed by atoms with Crippen LogP contribution in [0.15, 0.2) is 0 Å². The quantitative estimate of drug-likeness (QED) is 0.577. The number of rotatable bonds is 11. The second-order valence-electron chi connectivity index (χ2n) is 5.88. The predicted octanol–water partition coefficient (Wildman–Crippen LogP) is 3.38. The molecule has 0 aromatic rings. The molecule has 110 valence electrons. The molecule has 0 fully saturated rings. The molecule has 0 aliphatic carbocycles. The third-order valence-corrected chi connectivity index (χ3v) is 2.69. The summed E-state index contributed by atoms with van der Waals surface area (Å²) >= 11 is 0. The molecule has 0 radical (unpaired) electrons. The number of hydrogen-bond donors (Lipinski definition) is 1. The summed E-state index contributed by atoms with van der Waals surface area (Å²) in [6, 6.07) is 0. The van der Waals surface area contributed by atoms with Crippen LogP contribution in [0.4, 0.5) is 0 Å². The zero-order valence-electron chi connectivity index (χ0n) is 13.1. The van der Waals surface area contributed by atoms with E-state index in [0.29, 0.717) is 12.7 Å². The third-order valence-electron chi connectivity index (χ3n) is 2.69. The molecule has 0 saturated carbocycles. The van der Waals surface area contributed by atoms with Gasteiger partial charge in [0.05, 0.1) is 19.3 Å². The Kier molecular flexibility index (Phi) is 10.7. The molecule has 0 aromatic heterocycles. The number of ether oxygens (including phenoxy) is 2. The topological polar surface area (TPSA) is 30.5 Å². The average Bonchev–Trinajstić information content (AvgIpc) is 2.29. The summed E-state index contributed by atoms with van der Waals surface area (Å²) in [4.78, 5) is 0. The van der Waals surface area contributed by atoms with Crippen molar-refractivity contribution in [1.82, 2.24) is 5.32 Å². The first-order valence-electron chi connectivity index (χ1n) is 7.44. The SMILES string of the molecule is CCCCOCCOC(CCC)CNC(C)(C)C. The van der Waals surface area contributed by atoms with Gasteiger partial charge in [0.2, 0.25) is 0 Å². The van der Waals surface area contributed by atoms with Crippen LogP contribution in [0.25, 0.3) is 0 Å². The summed E-state index contributed by atoms with van der Waals surface area (Å²) in [5, 5.41) is 3.50. The van der Waals surface area contributed by atoms with Gasteiger partial charge in [-0.3, -0.25) is 0 Å². The lowest BCUT2D eigenvalue weighted by Gasteiger charge is -2.25. The van der Waals surface area contributed by atoms with Gasteiger partial charge in [0.1, 0.15) is 0 Å². The highest BCUT2D eigenvalue weighted by atomic mass is 16.5. The van der Waals surface area contributed by atoms with E-state index in [1.807, 2.05) is 0 Å². The van der Waals surface area contributed by atoms with Crippen molar-refractivity contribution in [3.63, 3.8) is 0 Å². The molecule has 1 N–H and O–H groups in total. The van der Waals surface area contributed by atoms with Gasteiger partial charge in [0.15, 0.2) is 0 Å². The Bertz CT molecular complexity index is 178. The molecule has 0 aromatic carbocycles. The van der Waals surface area contributed by atoms with Crippen LogP contribution in [-0.4, -0.2) is 38.0 Å². The third kappa shape index (κ3) is 12.3. The van der Waals surface area contributed by atoms with Crippen LogP contribution in [0.2, 0.25) is 0 Å². The summed E-state index contributed by atoms with van der Waals surface area (Å²) in [5.41, 5.74) is 0.160. The maximum absolute atomic E-state index is 5.87. The number of unbranched alkanes of at least 4 members (excludes halogenated alkanes) is 1. The molecule has 0 amide bonds. The molecule has 0 spiro atoms. The van der Waals surface area contributed by atoms with E-state index < -0.39 is 0 Å². The lowest BCUT2D eigenvalue weighted by atomic mass is 10.1. The minimum atomic E-state index is 0.160. The van der Waals surface area contributed by atoms with Crippen LogP contribution in [0, 0.1) is 0 Å². The zero-order valence-corrected chi connectivity index (χ0v) is 13.1. The minimum Gasteiger partial charge on any atom is -0.379 e. The van der Waals surface area contributed by atoms with E-state index in [-0.39, 0.29) is 5.54 Å². The molecule has 0 rings (SSSR count). The standard InChI is InChI=1S/C15H33NO2/c1-6-8-10-17-11-12-18-14(9-7-2)13-16-15(3,4)5/h14,16H,6-13H2,1-5H3. The summed E-state index contributed by atoms with van der Waals surface area (Å²) in [6.45, 7) is 14.1. The zero-order chi connectivity index (χ0) is 13.9.